The first kappa shape index (κ1) is 22.2. The van der Waals surface area contributed by atoms with E-state index in [1.54, 1.807) is 24.0 Å². The molecular formula is C20H29N3O4S. The van der Waals surface area contributed by atoms with E-state index in [4.69, 9.17) is 0 Å². The summed E-state index contributed by atoms with van der Waals surface area (Å²) in [6.45, 7) is 7.05. The number of hydrogen-bond acceptors (Lipinski definition) is 5. The number of hydrogen-bond donors (Lipinski definition) is 1. The van der Waals surface area contributed by atoms with Gasteiger partial charge in [-0.15, -0.1) is 11.8 Å². The van der Waals surface area contributed by atoms with Gasteiger partial charge in [0.25, 0.3) is 11.6 Å². The fourth-order valence-corrected chi connectivity index (χ4v) is 4.37. The van der Waals surface area contributed by atoms with Gasteiger partial charge in [-0.1, -0.05) is 20.8 Å². The molecule has 28 heavy (non-hydrogen) atoms. The van der Waals surface area contributed by atoms with Crippen LogP contribution in [0.4, 0.5) is 5.69 Å². The average molecular weight is 408 g/mol. The third-order valence-electron chi connectivity index (χ3n) is 4.75. The number of carbonyl (C=O) groups is 2. The summed E-state index contributed by atoms with van der Waals surface area (Å²) in [5, 5.41) is 14.4. The van der Waals surface area contributed by atoms with E-state index in [0.29, 0.717) is 35.9 Å². The minimum absolute atomic E-state index is 0.0209. The molecule has 1 aliphatic heterocycles. The van der Waals surface area contributed by atoms with Crippen LogP contribution in [0.25, 0.3) is 0 Å². The number of nitro groups is 1. The van der Waals surface area contributed by atoms with Crippen molar-refractivity contribution in [2.75, 3.05) is 18.8 Å². The van der Waals surface area contributed by atoms with E-state index in [9.17, 15) is 19.7 Å². The van der Waals surface area contributed by atoms with Crippen LogP contribution in [0.5, 0.6) is 0 Å². The van der Waals surface area contributed by atoms with Crippen LogP contribution in [0.3, 0.4) is 0 Å². The second kappa shape index (κ2) is 10.5. The van der Waals surface area contributed by atoms with Crippen LogP contribution in [-0.4, -0.2) is 46.5 Å². The minimum atomic E-state index is -0.422. The van der Waals surface area contributed by atoms with Crippen LogP contribution in [0.1, 0.15) is 56.8 Å². The van der Waals surface area contributed by atoms with Crippen LogP contribution in [0.15, 0.2) is 23.1 Å². The second-order valence-electron chi connectivity index (χ2n) is 7.48. The van der Waals surface area contributed by atoms with Crippen LogP contribution < -0.4 is 5.32 Å². The van der Waals surface area contributed by atoms with Gasteiger partial charge in [0.2, 0.25) is 5.91 Å². The third kappa shape index (κ3) is 6.22. The quantitative estimate of drug-likeness (QED) is 0.401. The van der Waals surface area contributed by atoms with E-state index in [0.717, 1.165) is 25.0 Å². The molecule has 1 aromatic carbocycles. The number of carbonyl (C=O) groups excluding carboxylic acids is 2. The molecule has 1 fully saturated rings. The highest BCUT2D eigenvalue weighted by molar-refractivity contribution is 7.99. The van der Waals surface area contributed by atoms with Crippen molar-refractivity contribution in [1.29, 1.82) is 0 Å². The summed E-state index contributed by atoms with van der Waals surface area (Å²) in [7, 11) is 0. The molecule has 2 rings (SSSR count). The Morgan fingerprint density at radius 3 is 2.79 bits per heavy atom. The number of nitrogens with zero attached hydrogens (tertiary/aromatic N) is 2. The molecule has 7 nitrogen and oxygen atoms in total. The predicted octanol–water partition coefficient (Wildman–Crippen LogP) is 3.86. The Morgan fingerprint density at radius 1 is 1.39 bits per heavy atom. The Bertz CT molecular complexity index is 723. The van der Waals surface area contributed by atoms with E-state index in [-0.39, 0.29) is 23.5 Å². The normalized spacial score (nSPS) is 16.9. The lowest BCUT2D eigenvalue weighted by atomic mass is 10.0. The van der Waals surface area contributed by atoms with Gasteiger partial charge in [-0.05, 0) is 43.1 Å². The van der Waals surface area contributed by atoms with Crippen LogP contribution in [-0.2, 0) is 4.79 Å². The SMILES string of the molecule is CCC(=O)NC1CCCN(C(=O)c2ccc(SCCC(C)C)c([N+](=O)[O-])c2)C1. The number of nitrogens with one attached hydrogen (secondary N) is 1. The molecule has 2 amide bonds. The number of amides is 2. The summed E-state index contributed by atoms with van der Waals surface area (Å²) in [4.78, 5) is 37.8. The standard InChI is InChI=1S/C20H29N3O4S/c1-4-19(24)21-16-6-5-10-22(13-16)20(25)15-7-8-18(17(12-15)23(26)27)28-11-9-14(2)3/h7-8,12,14,16H,4-6,9-11,13H2,1-3H3,(H,21,24). The second-order valence-corrected chi connectivity index (χ2v) is 8.62. The van der Waals surface area contributed by atoms with Gasteiger partial charge >= 0.3 is 0 Å². The van der Waals surface area contributed by atoms with Gasteiger partial charge in [0.05, 0.1) is 9.82 Å². The molecule has 1 aromatic rings. The van der Waals surface area contributed by atoms with Gasteiger partial charge in [-0.2, -0.15) is 0 Å². The molecule has 1 saturated heterocycles. The number of thioether (sulfide) groups is 1. The molecule has 0 spiro atoms. The Kier molecular flexibility index (Phi) is 8.29. The van der Waals surface area contributed by atoms with Gasteiger partial charge in [-0.3, -0.25) is 19.7 Å². The first-order valence-corrected chi connectivity index (χ1v) is 10.8. The Balaban J connectivity index is 2.10. The van der Waals surface area contributed by atoms with Crippen LogP contribution in [0.2, 0.25) is 0 Å². The molecule has 0 bridgehead atoms. The highest BCUT2D eigenvalue weighted by atomic mass is 32.2. The zero-order valence-electron chi connectivity index (χ0n) is 16.8. The Hall–Kier alpha value is -2.09. The summed E-state index contributed by atoms with van der Waals surface area (Å²) in [5.74, 6) is 1.08. The third-order valence-corrected chi connectivity index (χ3v) is 5.85. The van der Waals surface area contributed by atoms with Crippen LogP contribution >= 0.6 is 11.8 Å². The predicted molar refractivity (Wildman–Crippen MR) is 111 cm³/mol. The van der Waals surface area contributed by atoms with Gasteiger partial charge in [0, 0.05) is 37.2 Å². The first-order valence-electron chi connectivity index (χ1n) is 9.81. The van der Waals surface area contributed by atoms with Crippen molar-refractivity contribution in [3.63, 3.8) is 0 Å². The largest absolute Gasteiger partial charge is 0.352 e. The molecular weight excluding hydrogens is 378 g/mol. The summed E-state index contributed by atoms with van der Waals surface area (Å²) in [6, 6.07) is 4.66. The number of likely N-dealkylation sites (tertiary alicyclic amines) is 1. The molecule has 0 aromatic heterocycles. The molecule has 1 N–H and O–H groups in total. The van der Waals surface area contributed by atoms with Crippen molar-refractivity contribution in [1.82, 2.24) is 10.2 Å². The molecule has 0 saturated carbocycles. The zero-order valence-corrected chi connectivity index (χ0v) is 17.6. The van der Waals surface area contributed by atoms with Crippen molar-refractivity contribution < 1.29 is 14.5 Å². The maximum atomic E-state index is 12.9. The molecule has 1 atom stereocenters. The number of benzene rings is 1. The molecule has 8 heteroatoms. The number of rotatable bonds is 8. The van der Waals surface area contributed by atoms with Crippen molar-refractivity contribution in [2.45, 2.75) is 57.4 Å². The highest BCUT2D eigenvalue weighted by Gasteiger charge is 2.27. The number of nitro benzene ring substituents is 1. The lowest BCUT2D eigenvalue weighted by Gasteiger charge is -2.33. The topological polar surface area (TPSA) is 92.6 Å². The summed E-state index contributed by atoms with van der Waals surface area (Å²) in [5.41, 5.74) is 0.301. The smallest absolute Gasteiger partial charge is 0.283 e. The molecule has 1 heterocycles. The molecule has 1 unspecified atom stereocenters. The van der Waals surface area contributed by atoms with Crippen molar-refractivity contribution in [3.8, 4) is 0 Å². The van der Waals surface area contributed by atoms with E-state index >= 15 is 0 Å². The minimum Gasteiger partial charge on any atom is -0.352 e. The lowest BCUT2D eigenvalue weighted by molar-refractivity contribution is -0.387. The summed E-state index contributed by atoms with van der Waals surface area (Å²) >= 11 is 1.46. The summed E-state index contributed by atoms with van der Waals surface area (Å²) < 4.78 is 0. The van der Waals surface area contributed by atoms with Crippen molar-refractivity contribution in [3.05, 3.63) is 33.9 Å². The van der Waals surface area contributed by atoms with Gasteiger partial charge in [0.1, 0.15) is 0 Å². The Labute approximate surface area is 170 Å². The highest BCUT2D eigenvalue weighted by Crippen LogP contribution is 2.31. The maximum absolute atomic E-state index is 12.9. The molecule has 0 aliphatic carbocycles. The van der Waals surface area contributed by atoms with E-state index in [2.05, 4.69) is 19.2 Å². The first-order chi connectivity index (χ1) is 13.3. The fraction of sp³-hybridized carbons (Fsp3) is 0.600. The van der Waals surface area contributed by atoms with Crippen molar-refractivity contribution >= 4 is 29.3 Å². The van der Waals surface area contributed by atoms with Crippen LogP contribution in [0, 0.1) is 16.0 Å². The molecule has 1 aliphatic rings. The zero-order chi connectivity index (χ0) is 20.7. The summed E-state index contributed by atoms with van der Waals surface area (Å²) in [6.07, 6.45) is 3.01. The monoisotopic (exact) mass is 407 g/mol. The van der Waals surface area contributed by atoms with E-state index < -0.39 is 4.92 Å². The van der Waals surface area contributed by atoms with Gasteiger partial charge < -0.3 is 10.2 Å². The number of piperidine rings is 1. The fourth-order valence-electron chi connectivity index (χ4n) is 3.11. The average Bonchev–Trinajstić information content (AvgIpc) is 2.67. The van der Waals surface area contributed by atoms with E-state index in [1.807, 2.05) is 0 Å². The Morgan fingerprint density at radius 2 is 2.14 bits per heavy atom. The maximum Gasteiger partial charge on any atom is 0.283 e. The molecule has 0 radical (unpaired) electrons. The van der Waals surface area contributed by atoms with Gasteiger partial charge in [0.15, 0.2) is 0 Å². The van der Waals surface area contributed by atoms with Crippen molar-refractivity contribution in [2.24, 2.45) is 5.92 Å². The lowest BCUT2D eigenvalue weighted by Crippen LogP contribution is -2.49. The van der Waals surface area contributed by atoms with E-state index in [1.165, 1.54) is 17.8 Å². The molecule has 154 valence electrons. The van der Waals surface area contributed by atoms with Gasteiger partial charge in [-0.25, -0.2) is 0 Å².